The monoisotopic (exact) mass is 257 g/mol. The van der Waals surface area contributed by atoms with Gasteiger partial charge in [-0.3, -0.25) is 0 Å². The fourth-order valence-corrected chi connectivity index (χ4v) is 2.96. The van der Waals surface area contributed by atoms with E-state index < -0.39 is 0 Å². The quantitative estimate of drug-likeness (QED) is 0.917. The van der Waals surface area contributed by atoms with Crippen molar-refractivity contribution in [2.45, 2.75) is 12.3 Å². The van der Waals surface area contributed by atoms with E-state index in [1.54, 1.807) is 14.2 Å². The van der Waals surface area contributed by atoms with Gasteiger partial charge in [-0.2, -0.15) is 0 Å². The molecule has 0 radical (unpaired) electrons. The summed E-state index contributed by atoms with van der Waals surface area (Å²) in [4.78, 5) is 0. The predicted molar refractivity (Wildman–Crippen MR) is 77.3 cm³/mol. The number of hydrogen-bond donors (Lipinski definition) is 1. The molecule has 1 atom stereocenters. The van der Waals surface area contributed by atoms with Crippen LogP contribution in [0.5, 0.6) is 11.5 Å². The van der Waals surface area contributed by atoms with Crippen molar-refractivity contribution in [1.82, 2.24) is 5.32 Å². The highest BCUT2D eigenvalue weighted by molar-refractivity contribution is 5.94. The van der Waals surface area contributed by atoms with Gasteiger partial charge in [0.1, 0.15) is 11.5 Å². The molecule has 3 rings (SSSR count). The third-order valence-electron chi connectivity index (χ3n) is 3.91. The van der Waals surface area contributed by atoms with Gasteiger partial charge in [-0.05, 0) is 19.0 Å². The summed E-state index contributed by atoms with van der Waals surface area (Å²) < 4.78 is 11.2. The molecule has 0 spiro atoms. The van der Waals surface area contributed by atoms with E-state index in [0.29, 0.717) is 5.92 Å². The molecular weight excluding hydrogens is 238 g/mol. The molecule has 1 N–H and O–H groups in total. The van der Waals surface area contributed by atoms with Crippen LogP contribution >= 0.6 is 0 Å². The lowest BCUT2D eigenvalue weighted by Gasteiger charge is -2.18. The van der Waals surface area contributed by atoms with Crippen LogP contribution in [0.25, 0.3) is 10.8 Å². The Morgan fingerprint density at radius 2 is 1.89 bits per heavy atom. The van der Waals surface area contributed by atoms with Gasteiger partial charge >= 0.3 is 0 Å². The van der Waals surface area contributed by atoms with Gasteiger partial charge < -0.3 is 14.8 Å². The summed E-state index contributed by atoms with van der Waals surface area (Å²) in [7, 11) is 3.48. The molecule has 1 heterocycles. The average molecular weight is 257 g/mol. The van der Waals surface area contributed by atoms with Crippen molar-refractivity contribution in [2.75, 3.05) is 27.3 Å². The Bertz CT molecular complexity index is 589. The molecule has 0 amide bonds. The number of nitrogens with one attached hydrogen (secondary N) is 1. The zero-order chi connectivity index (χ0) is 13.2. The van der Waals surface area contributed by atoms with Crippen molar-refractivity contribution in [2.24, 2.45) is 0 Å². The number of benzene rings is 2. The summed E-state index contributed by atoms with van der Waals surface area (Å²) in [6.45, 7) is 2.08. The maximum atomic E-state index is 5.69. The summed E-state index contributed by atoms with van der Waals surface area (Å²) in [5, 5.41) is 5.65. The van der Waals surface area contributed by atoms with Crippen LogP contribution in [-0.4, -0.2) is 27.3 Å². The predicted octanol–water partition coefficient (Wildman–Crippen LogP) is 2.93. The van der Waals surface area contributed by atoms with Crippen LogP contribution in [0.15, 0.2) is 30.3 Å². The van der Waals surface area contributed by atoms with Crippen molar-refractivity contribution < 1.29 is 9.47 Å². The maximum absolute atomic E-state index is 5.69. The largest absolute Gasteiger partial charge is 0.496 e. The second-order valence-corrected chi connectivity index (χ2v) is 4.94. The van der Waals surface area contributed by atoms with E-state index in [0.717, 1.165) is 41.8 Å². The van der Waals surface area contributed by atoms with Crippen LogP contribution < -0.4 is 14.8 Å². The second kappa shape index (κ2) is 5.10. The number of rotatable bonds is 3. The highest BCUT2D eigenvalue weighted by Gasteiger charge is 2.23. The summed E-state index contributed by atoms with van der Waals surface area (Å²) in [6, 6.07) is 10.4. The lowest BCUT2D eigenvalue weighted by Crippen LogP contribution is -2.09. The van der Waals surface area contributed by atoms with Gasteiger partial charge in [0.2, 0.25) is 0 Å². The summed E-state index contributed by atoms with van der Waals surface area (Å²) in [5.74, 6) is 2.43. The summed E-state index contributed by atoms with van der Waals surface area (Å²) in [5.41, 5.74) is 1.25. The standard InChI is InChI=1S/C16H19NO2/c1-18-15-9-14(11-7-8-17-10-11)16(19-2)13-6-4-3-5-12(13)15/h3-6,9,11,17H,7-8,10H2,1-2H3. The molecule has 1 aliphatic rings. The Hall–Kier alpha value is -1.74. The third kappa shape index (κ3) is 2.04. The molecule has 1 unspecified atom stereocenters. The minimum atomic E-state index is 0.508. The smallest absolute Gasteiger partial charge is 0.130 e. The molecule has 1 saturated heterocycles. The Balaban J connectivity index is 2.25. The first-order chi connectivity index (χ1) is 9.35. The van der Waals surface area contributed by atoms with Crippen LogP contribution in [0.2, 0.25) is 0 Å². The van der Waals surface area contributed by atoms with Crippen LogP contribution in [0.4, 0.5) is 0 Å². The molecule has 2 aromatic carbocycles. The van der Waals surface area contributed by atoms with Gasteiger partial charge in [-0.15, -0.1) is 0 Å². The van der Waals surface area contributed by atoms with Crippen molar-refractivity contribution in [3.63, 3.8) is 0 Å². The molecule has 0 bridgehead atoms. The highest BCUT2D eigenvalue weighted by Crippen LogP contribution is 2.41. The molecule has 100 valence electrons. The van der Waals surface area contributed by atoms with E-state index in [1.165, 1.54) is 5.56 Å². The molecule has 3 nitrogen and oxygen atoms in total. The Morgan fingerprint density at radius 3 is 2.53 bits per heavy atom. The van der Waals surface area contributed by atoms with E-state index in [-0.39, 0.29) is 0 Å². The molecular formula is C16H19NO2. The van der Waals surface area contributed by atoms with Crippen LogP contribution in [-0.2, 0) is 0 Å². The van der Waals surface area contributed by atoms with Gasteiger partial charge in [0, 0.05) is 28.8 Å². The fourth-order valence-electron chi connectivity index (χ4n) is 2.96. The van der Waals surface area contributed by atoms with E-state index in [2.05, 4.69) is 23.5 Å². The molecule has 0 aliphatic carbocycles. The number of methoxy groups -OCH3 is 2. The van der Waals surface area contributed by atoms with Crippen LogP contribution in [0, 0.1) is 0 Å². The minimum absolute atomic E-state index is 0.508. The molecule has 1 fully saturated rings. The lowest BCUT2D eigenvalue weighted by molar-refractivity contribution is 0.403. The Kier molecular flexibility index (Phi) is 3.30. The van der Waals surface area contributed by atoms with E-state index in [9.17, 15) is 0 Å². The average Bonchev–Trinajstić information content (AvgIpc) is 2.99. The SMILES string of the molecule is COc1cc(C2CCNC2)c(OC)c2ccccc12. The van der Waals surface area contributed by atoms with Crippen molar-refractivity contribution >= 4 is 10.8 Å². The summed E-state index contributed by atoms with van der Waals surface area (Å²) >= 11 is 0. The van der Waals surface area contributed by atoms with Crippen LogP contribution in [0.3, 0.4) is 0 Å². The van der Waals surface area contributed by atoms with Crippen molar-refractivity contribution in [3.8, 4) is 11.5 Å². The molecule has 1 aliphatic heterocycles. The Morgan fingerprint density at radius 1 is 1.11 bits per heavy atom. The lowest BCUT2D eigenvalue weighted by atomic mass is 9.93. The zero-order valence-electron chi connectivity index (χ0n) is 11.4. The molecule has 0 aromatic heterocycles. The molecule has 2 aromatic rings. The van der Waals surface area contributed by atoms with Gasteiger partial charge in [0.15, 0.2) is 0 Å². The van der Waals surface area contributed by atoms with Crippen molar-refractivity contribution in [3.05, 3.63) is 35.9 Å². The van der Waals surface area contributed by atoms with E-state index in [4.69, 9.17) is 9.47 Å². The summed E-state index contributed by atoms with van der Waals surface area (Å²) in [6.07, 6.45) is 1.15. The first-order valence-corrected chi connectivity index (χ1v) is 6.69. The third-order valence-corrected chi connectivity index (χ3v) is 3.91. The fraction of sp³-hybridized carbons (Fsp3) is 0.375. The van der Waals surface area contributed by atoms with E-state index in [1.807, 2.05) is 12.1 Å². The number of ether oxygens (including phenoxy) is 2. The first-order valence-electron chi connectivity index (χ1n) is 6.69. The number of hydrogen-bond acceptors (Lipinski definition) is 3. The zero-order valence-corrected chi connectivity index (χ0v) is 11.4. The second-order valence-electron chi connectivity index (χ2n) is 4.94. The molecule has 0 saturated carbocycles. The van der Waals surface area contributed by atoms with E-state index >= 15 is 0 Å². The molecule has 3 heteroatoms. The Labute approximate surface area is 113 Å². The normalized spacial score (nSPS) is 18.7. The first kappa shape index (κ1) is 12.3. The van der Waals surface area contributed by atoms with Crippen LogP contribution in [0.1, 0.15) is 17.9 Å². The minimum Gasteiger partial charge on any atom is -0.496 e. The molecule has 19 heavy (non-hydrogen) atoms. The van der Waals surface area contributed by atoms with Gasteiger partial charge in [0.25, 0.3) is 0 Å². The maximum Gasteiger partial charge on any atom is 0.130 e. The topological polar surface area (TPSA) is 30.5 Å². The van der Waals surface area contributed by atoms with Gasteiger partial charge in [-0.25, -0.2) is 0 Å². The highest BCUT2D eigenvalue weighted by atomic mass is 16.5. The van der Waals surface area contributed by atoms with Gasteiger partial charge in [0.05, 0.1) is 14.2 Å². The van der Waals surface area contributed by atoms with Crippen molar-refractivity contribution in [1.29, 1.82) is 0 Å². The number of fused-ring (bicyclic) bond motifs is 1. The van der Waals surface area contributed by atoms with Gasteiger partial charge in [-0.1, -0.05) is 24.3 Å².